The number of ether oxygens (including phenoxy) is 1. The van der Waals surface area contributed by atoms with Gasteiger partial charge in [0.25, 0.3) is 0 Å². The number of aromatic nitrogens is 4. The van der Waals surface area contributed by atoms with E-state index in [0.29, 0.717) is 23.4 Å². The summed E-state index contributed by atoms with van der Waals surface area (Å²) >= 11 is 0. The Bertz CT molecular complexity index is 836. The lowest BCUT2D eigenvalue weighted by atomic mass is 9.54. The number of nitrogens with one attached hydrogen (secondary N) is 1. The van der Waals surface area contributed by atoms with Gasteiger partial charge in [-0.15, -0.1) is 0 Å². The van der Waals surface area contributed by atoms with E-state index in [9.17, 15) is 4.79 Å². The molecule has 0 spiro atoms. The van der Waals surface area contributed by atoms with Crippen LogP contribution in [-0.4, -0.2) is 31.7 Å². The zero-order valence-electron chi connectivity index (χ0n) is 16.8. The second-order valence-electron chi connectivity index (χ2n) is 9.86. The SMILES string of the molecule is CC(C)(C)n1ncc(OC(=O)NC2C3CC4CC(C3)CC2C4)c1-n1cccn1. The second-order valence-corrected chi connectivity index (χ2v) is 9.86. The quantitative estimate of drug-likeness (QED) is 0.876. The Kier molecular flexibility index (Phi) is 4.03. The Hall–Kier alpha value is -2.31. The molecule has 4 fully saturated rings. The van der Waals surface area contributed by atoms with E-state index in [4.69, 9.17) is 4.74 Å². The molecule has 1 amide bonds. The molecule has 150 valence electrons. The van der Waals surface area contributed by atoms with E-state index in [1.807, 2.05) is 16.9 Å². The third-order valence-electron chi connectivity index (χ3n) is 6.78. The van der Waals surface area contributed by atoms with Crippen LogP contribution in [0.15, 0.2) is 24.7 Å². The summed E-state index contributed by atoms with van der Waals surface area (Å²) in [6.07, 6.45) is 11.2. The summed E-state index contributed by atoms with van der Waals surface area (Å²) in [4.78, 5) is 12.8. The Labute approximate surface area is 165 Å². The minimum Gasteiger partial charge on any atom is -0.405 e. The maximum absolute atomic E-state index is 12.8. The molecular weight excluding hydrogens is 354 g/mol. The van der Waals surface area contributed by atoms with Crippen molar-refractivity contribution in [3.8, 4) is 11.6 Å². The van der Waals surface area contributed by atoms with Crippen molar-refractivity contribution in [3.05, 3.63) is 24.7 Å². The number of amides is 1. The number of rotatable bonds is 3. The average Bonchev–Trinajstić information content (AvgIpc) is 3.26. The van der Waals surface area contributed by atoms with Crippen LogP contribution in [0.2, 0.25) is 0 Å². The van der Waals surface area contributed by atoms with Gasteiger partial charge in [-0.25, -0.2) is 14.2 Å². The normalized spacial score (nSPS) is 31.2. The maximum Gasteiger partial charge on any atom is 0.413 e. The summed E-state index contributed by atoms with van der Waals surface area (Å²) in [6, 6.07) is 2.10. The standard InChI is InChI=1S/C21H29N5O2/c1-21(2,3)26-19(25-6-4-5-22-25)17(12-23-26)28-20(27)24-18-15-8-13-7-14(10-15)11-16(18)9-13/h4-6,12-16,18H,7-11H2,1-3H3,(H,24,27). The van der Waals surface area contributed by atoms with Gasteiger partial charge in [-0.05, 0) is 82.6 Å². The first kappa shape index (κ1) is 17.8. The van der Waals surface area contributed by atoms with Crippen molar-refractivity contribution in [2.45, 2.75) is 64.5 Å². The zero-order valence-corrected chi connectivity index (χ0v) is 16.8. The second kappa shape index (κ2) is 6.36. The first-order valence-electron chi connectivity index (χ1n) is 10.5. The number of hydrogen-bond acceptors (Lipinski definition) is 4. The monoisotopic (exact) mass is 383 g/mol. The Morgan fingerprint density at radius 1 is 1.11 bits per heavy atom. The van der Waals surface area contributed by atoms with E-state index in [2.05, 4.69) is 36.3 Å². The zero-order chi connectivity index (χ0) is 19.5. The van der Waals surface area contributed by atoms with Gasteiger partial charge in [0.15, 0.2) is 11.6 Å². The smallest absolute Gasteiger partial charge is 0.405 e. The van der Waals surface area contributed by atoms with Crippen LogP contribution in [0.25, 0.3) is 5.82 Å². The summed E-state index contributed by atoms with van der Waals surface area (Å²) in [5.74, 6) is 4.09. The van der Waals surface area contributed by atoms with Crippen molar-refractivity contribution in [1.29, 1.82) is 0 Å². The van der Waals surface area contributed by atoms with Gasteiger partial charge in [0, 0.05) is 18.4 Å². The molecule has 1 N–H and O–H groups in total. The molecule has 7 heteroatoms. The van der Waals surface area contributed by atoms with E-state index in [1.54, 1.807) is 17.1 Å². The summed E-state index contributed by atoms with van der Waals surface area (Å²) < 4.78 is 9.29. The Balaban J connectivity index is 1.35. The van der Waals surface area contributed by atoms with Crippen molar-refractivity contribution in [3.63, 3.8) is 0 Å². The first-order chi connectivity index (χ1) is 13.4. The molecule has 0 aromatic carbocycles. The van der Waals surface area contributed by atoms with E-state index in [0.717, 1.165) is 11.8 Å². The molecule has 0 radical (unpaired) electrons. The molecular formula is C21H29N5O2. The molecule has 4 bridgehead atoms. The van der Waals surface area contributed by atoms with Gasteiger partial charge in [-0.1, -0.05) is 0 Å². The lowest BCUT2D eigenvalue weighted by Crippen LogP contribution is -2.56. The van der Waals surface area contributed by atoms with Crippen molar-refractivity contribution < 1.29 is 9.53 Å². The third kappa shape index (κ3) is 3.01. The fraction of sp³-hybridized carbons (Fsp3) is 0.667. The van der Waals surface area contributed by atoms with Crippen molar-refractivity contribution in [2.75, 3.05) is 0 Å². The minimum absolute atomic E-state index is 0.256. The van der Waals surface area contributed by atoms with Crippen LogP contribution in [0.4, 0.5) is 4.79 Å². The van der Waals surface area contributed by atoms with Gasteiger partial charge < -0.3 is 10.1 Å². The van der Waals surface area contributed by atoms with Gasteiger partial charge >= 0.3 is 6.09 Å². The number of carbonyl (C=O) groups excluding carboxylic acids is 1. The van der Waals surface area contributed by atoms with E-state index >= 15 is 0 Å². The molecule has 2 aromatic heterocycles. The largest absolute Gasteiger partial charge is 0.413 e. The van der Waals surface area contributed by atoms with Crippen LogP contribution in [0.1, 0.15) is 52.9 Å². The van der Waals surface area contributed by atoms with Gasteiger partial charge in [-0.3, -0.25) is 0 Å². The molecule has 4 saturated carbocycles. The maximum atomic E-state index is 12.8. The highest BCUT2D eigenvalue weighted by atomic mass is 16.6. The highest BCUT2D eigenvalue weighted by molar-refractivity contribution is 5.72. The van der Waals surface area contributed by atoms with E-state index < -0.39 is 0 Å². The number of hydrogen-bond donors (Lipinski definition) is 1. The summed E-state index contributed by atoms with van der Waals surface area (Å²) in [5.41, 5.74) is -0.263. The third-order valence-corrected chi connectivity index (χ3v) is 6.78. The lowest BCUT2D eigenvalue weighted by Gasteiger charge is -2.54. The van der Waals surface area contributed by atoms with Gasteiger partial charge in [0.2, 0.25) is 0 Å². The molecule has 2 heterocycles. The molecule has 2 aromatic rings. The molecule has 0 aliphatic heterocycles. The van der Waals surface area contributed by atoms with Crippen molar-refractivity contribution in [2.24, 2.45) is 23.7 Å². The summed E-state index contributed by atoms with van der Waals surface area (Å²) in [6.45, 7) is 6.18. The van der Waals surface area contributed by atoms with Crippen molar-refractivity contribution >= 4 is 6.09 Å². The average molecular weight is 383 g/mol. The molecule has 7 nitrogen and oxygen atoms in total. The van der Waals surface area contributed by atoms with Crippen LogP contribution in [0, 0.1) is 23.7 Å². The number of nitrogens with zero attached hydrogens (tertiary/aromatic N) is 4. The highest BCUT2D eigenvalue weighted by Gasteiger charge is 2.48. The topological polar surface area (TPSA) is 74.0 Å². The van der Waals surface area contributed by atoms with Gasteiger partial charge in [0.05, 0.1) is 11.7 Å². The Morgan fingerprint density at radius 3 is 2.36 bits per heavy atom. The summed E-state index contributed by atoms with van der Waals surface area (Å²) in [7, 11) is 0. The Morgan fingerprint density at radius 2 is 1.79 bits per heavy atom. The van der Waals surface area contributed by atoms with Crippen LogP contribution >= 0.6 is 0 Å². The molecule has 4 aliphatic rings. The molecule has 28 heavy (non-hydrogen) atoms. The fourth-order valence-electron chi connectivity index (χ4n) is 5.92. The predicted molar refractivity (Wildman–Crippen MR) is 104 cm³/mol. The molecule has 4 aliphatic carbocycles. The lowest BCUT2D eigenvalue weighted by molar-refractivity contribution is -0.0114. The molecule has 0 atom stereocenters. The van der Waals surface area contributed by atoms with Gasteiger partial charge in [0.1, 0.15) is 0 Å². The minimum atomic E-state index is -0.376. The van der Waals surface area contributed by atoms with E-state index in [-0.39, 0.29) is 17.7 Å². The fourth-order valence-corrected chi connectivity index (χ4v) is 5.92. The molecule has 6 rings (SSSR count). The molecule has 0 saturated heterocycles. The van der Waals surface area contributed by atoms with Crippen LogP contribution in [0.3, 0.4) is 0 Å². The summed E-state index contributed by atoms with van der Waals surface area (Å²) in [5, 5.41) is 12.0. The van der Waals surface area contributed by atoms with E-state index in [1.165, 1.54) is 32.1 Å². The molecule has 0 unspecified atom stereocenters. The highest BCUT2D eigenvalue weighted by Crippen LogP contribution is 2.53. The first-order valence-corrected chi connectivity index (χ1v) is 10.5. The van der Waals surface area contributed by atoms with Gasteiger partial charge in [-0.2, -0.15) is 10.2 Å². The van der Waals surface area contributed by atoms with Crippen molar-refractivity contribution in [1.82, 2.24) is 24.9 Å². The van der Waals surface area contributed by atoms with Crippen LogP contribution < -0.4 is 10.1 Å². The van der Waals surface area contributed by atoms with Crippen LogP contribution in [0.5, 0.6) is 5.75 Å². The predicted octanol–water partition coefficient (Wildman–Crippen LogP) is 3.74. The number of carbonyl (C=O) groups is 1. The van der Waals surface area contributed by atoms with Crippen LogP contribution in [-0.2, 0) is 5.54 Å².